The number of hydrogen-bond acceptors (Lipinski definition) is 3. The molecule has 1 aromatic rings. The Labute approximate surface area is 127 Å². The molecule has 0 radical (unpaired) electrons. The minimum absolute atomic E-state index is 0.0337. The number of furan rings is 1. The Morgan fingerprint density at radius 1 is 1.52 bits per heavy atom. The minimum Gasteiger partial charge on any atom is -0.469 e. The van der Waals surface area contributed by atoms with Crippen LogP contribution in [-0.4, -0.2) is 18.0 Å². The van der Waals surface area contributed by atoms with E-state index in [1.807, 2.05) is 19.1 Å². The molecule has 0 saturated heterocycles. The molecule has 4 unspecified atom stereocenters. The van der Waals surface area contributed by atoms with Crippen molar-refractivity contribution in [2.24, 2.45) is 23.0 Å². The number of rotatable bonds is 4. The van der Waals surface area contributed by atoms with Crippen LogP contribution in [0.1, 0.15) is 46.3 Å². The van der Waals surface area contributed by atoms with E-state index in [0.29, 0.717) is 5.92 Å². The Morgan fingerprint density at radius 2 is 2.24 bits per heavy atom. The Morgan fingerprint density at radius 3 is 2.86 bits per heavy atom. The van der Waals surface area contributed by atoms with Gasteiger partial charge in [0.25, 0.3) is 0 Å². The van der Waals surface area contributed by atoms with Crippen LogP contribution < -0.4 is 11.1 Å². The molecule has 0 aliphatic heterocycles. The number of nitrogens with one attached hydrogen (secondary N) is 1. The molecule has 1 heterocycles. The number of carbonyl (C=O) groups is 1. The van der Waals surface area contributed by atoms with Gasteiger partial charge in [0.2, 0.25) is 5.91 Å². The second-order valence-corrected chi connectivity index (χ2v) is 7.10. The summed E-state index contributed by atoms with van der Waals surface area (Å²) in [5.41, 5.74) is 6.10. The molecule has 1 aliphatic carbocycles. The van der Waals surface area contributed by atoms with Gasteiger partial charge in [-0.1, -0.05) is 20.8 Å². The van der Waals surface area contributed by atoms with E-state index in [9.17, 15) is 4.79 Å². The average Bonchev–Trinajstić information content (AvgIpc) is 2.88. The zero-order valence-corrected chi connectivity index (χ0v) is 13.6. The fourth-order valence-electron chi connectivity index (χ4n) is 3.44. The van der Waals surface area contributed by atoms with E-state index in [1.165, 1.54) is 0 Å². The second kappa shape index (κ2) is 6.22. The van der Waals surface area contributed by atoms with E-state index in [2.05, 4.69) is 26.1 Å². The van der Waals surface area contributed by atoms with Crippen LogP contribution in [0.25, 0.3) is 0 Å². The topological polar surface area (TPSA) is 68.3 Å². The van der Waals surface area contributed by atoms with Gasteiger partial charge in [0.05, 0.1) is 6.26 Å². The third-order valence-corrected chi connectivity index (χ3v) is 5.30. The lowest BCUT2D eigenvalue weighted by molar-refractivity contribution is -0.133. The molecule has 1 saturated carbocycles. The number of amides is 1. The fourth-order valence-corrected chi connectivity index (χ4v) is 3.44. The fraction of sp³-hybridized carbons (Fsp3) is 0.706. The van der Waals surface area contributed by atoms with E-state index >= 15 is 0 Å². The molecule has 1 fully saturated rings. The highest BCUT2D eigenvalue weighted by Gasteiger charge is 2.45. The van der Waals surface area contributed by atoms with Crippen molar-refractivity contribution in [2.45, 2.75) is 59.0 Å². The van der Waals surface area contributed by atoms with E-state index in [4.69, 9.17) is 10.2 Å². The highest BCUT2D eigenvalue weighted by molar-refractivity contribution is 5.80. The van der Waals surface area contributed by atoms with Crippen molar-refractivity contribution < 1.29 is 9.21 Å². The van der Waals surface area contributed by atoms with E-state index in [0.717, 1.165) is 25.0 Å². The molecule has 118 valence electrons. The number of carbonyl (C=O) groups excluding carboxylic acids is 1. The van der Waals surface area contributed by atoms with E-state index in [-0.39, 0.29) is 29.3 Å². The Balaban J connectivity index is 1.96. The van der Waals surface area contributed by atoms with Crippen molar-refractivity contribution in [1.82, 2.24) is 5.32 Å². The summed E-state index contributed by atoms with van der Waals surface area (Å²) >= 11 is 0. The molecule has 1 aliphatic rings. The highest BCUT2D eigenvalue weighted by Crippen LogP contribution is 2.44. The Bertz CT molecular complexity index is 467. The Kier molecular flexibility index (Phi) is 4.77. The van der Waals surface area contributed by atoms with Gasteiger partial charge in [-0.3, -0.25) is 4.79 Å². The molecule has 2 rings (SSSR count). The molecule has 4 nitrogen and oxygen atoms in total. The third kappa shape index (κ3) is 3.49. The van der Waals surface area contributed by atoms with E-state index < -0.39 is 0 Å². The van der Waals surface area contributed by atoms with Gasteiger partial charge in [-0.05, 0) is 43.2 Å². The van der Waals surface area contributed by atoms with Crippen LogP contribution in [0.5, 0.6) is 0 Å². The summed E-state index contributed by atoms with van der Waals surface area (Å²) in [5, 5.41) is 3.14. The predicted octanol–water partition coefficient (Wildman–Crippen LogP) is 2.73. The van der Waals surface area contributed by atoms with Crippen molar-refractivity contribution >= 4 is 5.91 Å². The quantitative estimate of drug-likeness (QED) is 0.896. The SMILES string of the molecule is CC(Cc1ccco1)NC(=O)C1CCC(N)C(C)C1(C)C. The lowest BCUT2D eigenvalue weighted by atomic mass is 9.61. The summed E-state index contributed by atoms with van der Waals surface area (Å²) in [4.78, 5) is 12.6. The van der Waals surface area contributed by atoms with Crippen LogP contribution in [0.15, 0.2) is 22.8 Å². The number of nitrogens with two attached hydrogens (primary N) is 1. The molecule has 4 heteroatoms. The zero-order chi connectivity index (χ0) is 15.6. The maximum Gasteiger partial charge on any atom is 0.223 e. The molecule has 0 bridgehead atoms. The lowest BCUT2D eigenvalue weighted by Gasteiger charge is -2.46. The van der Waals surface area contributed by atoms with Crippen molar-refractivity contribution in [3.05, 3.63) is 24.2 Å². The molecule has 3 N–H and O–H groups in total. The maximum atomic E-state index is 12.6. The van der Waals surface area contributed by atoms with Crippen LogP contribution in [0.3, 0.4) is 0 Å². The second-order valence-electron chi connectivity index (χ2n) is 7.10. The van der Waals surface area contributed by atoms with Gasteiger partial charge in [0.15, 0.2) is 0 Å². The van der Waals surface area contributed by atoms with Gasteiger partial charge in [0.1, 0.15) is 5.76 Å². The lowest BCUT2D eigenvalue weighted by Crippen LogP contribution is -2.52. The molecule has 4 atom stereocenters. The van der Waals surface area contributed by atoms with Crippen molar-refractivity contribution in [1.29, 1.82) is 0 Å². The van der Waals surface area contributed by atoms with E-state index in [1.54, 1.807) is 6.26 Å². The van der Waals surface area contributed by atoms with Gasteiger partial charge in [-0.2, -0.15) is 0 Å². The first-order valence-electron chi connectivity index (χ1n) is 7.90. The van der Waals surface area contributed by atoms with Gasteiger partial charge in [-0.25, -0.2) is 0 Å². The summed E-state index contributed by atoms with van der Waals surface area (Å²) in [6, 6.07) is 4.08. The number of hydrogen-bond donors (Lipinski definition) is 2. The standard InChI is InChI=1S/C17H28N2O2/c1-11(10-13-6-5-9-21-13)19-16(20)14-7-8-15(18)12(2)17(14,3)4/h5-6,9,11-12,14-15H,7-8,10,18H2,1-4H3,(H,19,20). The maximum absolute atomic E-state index is 12.6. The summed E-state index contributed by atoms with van der Waals surface area (Å²) in [6.07, 6.45) is 4.19. The van der Waals surface area contributed by atoms with Crippen LogP contribution in [0.4, 0.5) is 0 Å². The molecule has 0 aromatic carbocycles. The van der Waals surface area contributed by atoms with Gasteiger partial charge in [-0.15, -0.1) is 0 Å². The Hall–Kier alpha value is -1.29. The molecule has 21 heavy (non-hydrogen) atoms. The zero-order valence-electron chi connectivity index (χ0n) is 13.6. The average molecular weight is 292 g/mol. The summed E-state index contributed by atoms with van der Waals surface area (Å²) in [6.45, 7) is 8.51. The first-order valence-corrected chi connectivity index (χ1v) is 7.90. The van der Waals surface area contributed by atoms with Crippen LogP contribution in [0.2, 0.25) is 0 Å². The molecular weight excluding hydrogens is 264 g/mol. The predicted molar refractivity (Wildman–Crippen MR) is 83.7 cm³/mol. The normalized spacial score (nSPS) is 29.9. The van der Waals surface area contributed by atoms with Crippen LogP contribution in [-0.2, 0) is 11.2 Å². The molecule has 1 amide bonds. The molecular formula is C17H28N2O2. The first-order chi connectivity index (χ1) is 9.82. The van der Waals surface area contributed by atoms with Crippen LogP contribution in [0, 0.1) is 17.3 Å². The minimum atomic E-state index is -0.0633. The van der Waals surface area contributed by atoms with Crippen molar-refractivity contribution in [3.63, 3.8) is 0 Å². The summed E-state index contributed by atoms with van der Waals surface area (Å²) < 4.78 is 5.34. The molecule has 1 aromatic heterocycles. The van der Waals surface area contributed by atoms with Crippen molar-refractivity contribution in [3.8, 4) is 0 Å². The van der Waals surface area contributed by atoms with Gasteiger partial charge in [0, 0.05) is 24.4 Å². The van der Waals surface area contributed by atoms with Gasteiger partial charge >= 0.3 is 0 Å². The first kappa shape index (κ1) is 16.1. The highest BCUT2D eigenvalue weighted by atomic mass is 16.3. The molecule has 0 spiro atoms. The third-order valence-electron chi connectivity index (χ3n) is 5.30. The largest absolute Gasteiger partial charge is 0.469 e. The monoisotopic (exact) mass is 292 g/mol. The summed E-state index contributed by atoms with van der Waals surface area (Å²) in [5.74, 6) is 1.44. The van der Waals surface area contributed by atoms with Gasteiger partial charge < -0.3 is 15.5 Å². The van der Waals surface area contributed by atoms with Crippen molar-refractivity contribution in [2.75, 3.05) is 0 Å². The summed E-state index contributed by atoms with van der Waals surface area (Å²) in [7, 11) is 0. The smallest absolute Gasteiger partial charge is 0.223 e. The van der Waals surface area contributed by atoms with Crippen LogP contribution >= 0.6 is 0 Å².